The Hall–Kier alpha value is -0.920. The van der Waals surface area contributed by atoms with Crippen LogP contribution in [0.3, 0.4) is 0 Å². The van der Waals surface area contributed by atoms with Crippen molar-refractivity contribution in [3.05, 3.63) is 12.4 Å². The molecule has 0 aliphatic rings. The van der Waals surface area contributed by atoms with E-state index in [2.05, 4.69) is 5.10 Å². The highest BCUT2D eigenvalue weighted by atomic mass is 32.2. The van der Waals surface area contributed by atoms with Gasteiger partial charge in [0.25, 0.3) is 0 Å². The monoisotopic (exact) mass is 274 g/mol. The Balaban J connectivity index is 2.84. The second-order valence-corrected chi connectivity index (χ2v) is 6.57. The van der Waals surface area contributed by atoms with Crippen LogP contribution in [-0.2, 0) is 16.6 Å². The van der Waals surface area contributed by atoms with Gasteiger partial charge in [0, 0.05) is 26.3 Å². The lowest BCUT2D eigenvalue weighted by atomic mass is 10.1. The van der Waals surface area contributed by atoms with Gasteiger partial charge < -0.3 is 5.73 Å². The number of rotatable bonds is 7. The summed E-state index contributed by atoms with van der Waals surface area (Å²) in [5.74, 6) is 0.337. The van der Waals surface area contributed by atoms with Crippen LogP contribution in [0.15, 0.2) is 17.3 Å². The molecule has 7 heteroatoms. The maximum absolute atomic E-state index is 12.2. The predicted octanol–water partition coefficient (Wildman–Crippen LogP) is 0.508. The number of sulfonamides is 1. The lowest BCUT2D eigenvalue weighted by Gasteiger charge is -2.19. The quantitative estimate of drug-likeness (QED) is 0.785. The average molecular weight is 274 g/mol. The first-order valence-corrected chi connectivity index (χ1v) is 7.54. The molecule has 104 valence electrons. The third-order valence-corrected chi connectivity index (χ3v) is 4.72. The maximum Gasteiger partial charge on any atom is 0.245 e. The van der Waals surface area contributed by atoms with Gasteiger partial charge in [0.2, 0.25) is 10.0 Å². The smallest absolute Gasteiger partial charge is 0.245 e. The minimum absolute atomic E-state index is 0.224. The zero-order chi connectivity index (χ0) is 13.8. The minimum Gasteiger partial charge on any atom is -0.329 e. The third kappa shape index (κ3) is 3.54. The summed E-state index contributed by atoms with van der Waals surface area (Å²) in [5, 5.41) is 3.98. The van der Waals surface area contributed by atoms with Crippen molar-refractivity contribution in [2.45, 2.75) is 31.7 Å². The van der Waals surface area contributed by atoms with E-state index in [4.69, 9.17) is 5.73 Å². The van der Waals surface area contributed by atoms with Gasteiger partial charge in [-0.05, 0) is 5.92 Å². The molecule has 0 aliphatic carbocycles. The normalized spacial score (nSPS) is 14.1. The lowest BCUT2D eigenvalue weighted by molar-refractivity contribution is 0.393. The molecule has 0 saturated carbocycles. The van der Waals surface area contributed by atoms with Gasteiger partial charge in [0.05, 0.1) is 12.7 Å². The Labute approximate surface area is 109 Å². The molecule has 0 saturated heterocycles. The molecule has 0 aliphatic heterocycles. The summed E-state index contributed by atoms with van der Waals surface area (Å²) in [6, 6.07) is 0. The minimum atomic E-state index is -3.43. The largest absolute Gasteiger partial charge is 0.329 e. The van der Waals surface area contributed by atoms with E-state index < -0.39 is 10.0 Å². The Morgan fingerprint density at radius 3 is 2.78 bits per heavy atom. The number of nitrogens with two attached hydrogens (primary N) is 1. The van der Waals surface area contributed by atoms with E-state index in [1.54, 1.807) is 11.7 Å². The summed E-state index contributed by atoms with van der Waals surface area (Å²) in [7, 11) is -1.83. The molecule has 1 aromatic rings. The predicted molar refractivity (Wildman–Crippen MR) is 70.6 cm³/mol. The van der Waals surface area contributed by atoms with Crippen LogP contribution in [0.4, 0.5) is 0 Å². The first-order valence-electron chi connectivity index (χ1n) is 6.10. The molecule has 0 amide bonds. The fourth-order valence-corrected chi connectivity index (χ4v) is 2.82. The molecule has 1 heterocycles. The van der Waals surface area contributed by atoms with Gasteiger partial charge in [-0.1, -0.05) is 20.3 Å². The molecule has 1 rings (SSSR count). The summed E-state index contributed by atoms with van der Waals surface area (Å²) in [5.41, 5.74) is 5.40. The Morgan fingerprint density at radius 2 is 2.22 bits per heavy atom. The first-order chi connectivity index (χ1) is 8.41. The Morgan fingerprint density at radius 1 is 1.56 bits per heavy atom. The summed E-state index contributed by atoms with van der Waals surface area (Å²) in [6.45, 7) is 5.55. The van der Waals surface area contributed by atoms with E-state index in [-0.39, 0.29) is 4.90 Å². The topological polar surface area (TPSA) is 81.2 Å². The van der Waals surface area contributed by atoms with Crippen molar-refractivity contribution in [1.82, 2.24) is 14.1 Å². The molecule has 0 fully saturated rings. The van der Waals surface area contributed by atoms with Gasteiger partial charge in [-0.15, -0.1) is 0 Å². The SMILES string of the molecule is CCC(C)CN(C)S(=O)(=O)c1cnn(CCN)c1. The molecular weight excluding hydrogens is 252 g/mol. The van der Waals surface area contributed by atoms with Crippen LogP contribution in [0.25, 0.3) is 0 Å². The number of aromatic nitrogens is 2. The van der Waals surface area contributed by atoms with Crippen LogP contribution in [-0.4, -0.2) is 42.6 Å². The summed E-state index contributed by atoms with van der Waals surface area (Å²) >= 11 is 0. The van der Waals surface area contributed by atoms with Gasteiger partial charge in [0.1, 0.15) is 4.90 Å². The number of hydrogen-bond donors (Lipinski definition) is 1. The molecule has 0 spiro atoms. The standard InChI is InChI=1S/C11H22N4O2S/c1-4-10(2)8-14(3)18(16,17)11-7-13-15(9-11)6-5-12/h7,9-10H,4-6,8,12H2,1-3H3. The second-order valence-electron chi connectivity index (χ2n) is 4.53. The van der Waals surface area contributed by atoms with Crippen LogP contribution in [0.2, 0.25) is 0 Å². The van der Waals surface area contributed by atoms with Gasteiger partial charge in [-0.3, -0.25) is 4.68 Å². The first kappa shape index (κ1) is 15.1. The van der Waals surface area contributed by atoms with Crippen LogP contribution >= 0.6 is 0 Å². The molecule has 1 aromatic heterocycles. The van der Waals surface area contributed by atoms with Crippen LogP contribution in [0.5, 0.6) is 0 Å². The van der Waals surface area contributed by atoms with E-state index in [0.29, 0.717) is 25.6 Å². The maximum atomic E-state index is 12.2. The van der Waals surface area contributed by atoms with Crippen molar-refractivity contribution in [3.63, 3.8) is 0 Å². The van der Waals surface area contributed by atoms with Crippen LogP contribution in [0.1, 0.15) is 20.3 Å². The fourth-order valence-electron chi connectivity index (χ4n) is 1.58. The molecule has 0 aromatic carbocycles. The fraction of sp³-hybridized carbons (Fsp3) is 0.727. The number of nitrogens with zero attached hydrogens (tertiary/aromatic N) is 3. The van der Waals surface area contributed by atoms with Crippen molar-refractivity contribution < 1.29 is 8.42 Å². The highest BCUT2D eigenvalue weighted by Crippen LogP contribution is 2.15. The van der Waals surface area contributed by atoms with Gasteiger partial charge >= 0.3 is 0 Å². The zero-order valence-electron chi connectivity index (χ0n) is 11.2. The Kier molecular flexibility index (Phi) is 5.30. The summed E-state index contributed by atoms with van der Waals surface area (Å²) in [4.78, 5) is 0.224. The van der Waals surface area contributed by atoms with Crippen LogP contribution < -0.4 is 5.73 Å². The van der Waals surface area contributed by atoms with Crippen molar-refractivity contribution >= 4 is 10.0 Å². The lowest BCUT2D eigenvalue weighted by Crippen LogP contribution is -2.30. The van der Waals surface area contributed by atoms with Gasteiger partial charge in [-0.25, -0.2) is 12.7 Å². The van der Waals surface area contributed by atoms with Crippen molar-refractivity contribution in [2.24, 2.45) is 11.7 Å². The molecular formula is C11H22N4O2S. The van der Waals surface area contributed by atoms with Crippen molar-refractivity contribution in [2.75, 3.05) is 20.1 Å². The summed E-state index contributed by atoms with van der Waals surface area (Å²) < 4.78 is 27.4. The second kappa shape index (κ2) is 6.31. The molecule has 0 bridgehead atoms. The van der Waals surface area contributed by atoms with Crippen molar-refractivity contribution in [3.8, 4) is 0 Å². The third-order valence-electron chi connectivity index (χ3n) is 2.94. The highest BCUT2D eigenvalue weighted by molar-refractivity contribution is 7.89. The van der Waals surface area contributed by atoms with Gasteiger partial charge in [0.15, 0.2) is 0 Å². The summed E-state index contributed by atoms with van der Waals surface area (Å²) in [6.07, 6.45) is 3.85. The molecule has 2 N–H and O–H groups in total. The van der Waals surface area contributed by atoms with E-state index in [9.17, 15) is 8.42 Å². The van der Waals surface area contributed by atoms with E-state index in [0.717, 1.165) is 6.42 Å². The Bertz CT molecular complexity index is 469. The van der Waals surface area contributed by atoms with E-state index in [1.807, 2.05) is 13.8 Å². The van der Waals surface area contributed by atoms with Crippen LogP contribution in [0, 0.1) is 5.92 Å². The molecule has 1 unspecified atom stereocenters. The molecule has 6 nitrogen and oxygen atoms in total. The molecule has 0 radical (unpaired) electrons. The number of hydrogen-bond acceptors (Lipinski definition) is 4. The molecule has 18 heavy (non-hydrogen) atoms. The van der Waals surface area contributed by atoms with Gasteiger partial charge in [-0.2, -0.15) is 5.10 Å². The highest BCUT2D eigenvalue weighted by Gasteiger charge is 2.23. The zero-order valence-corrected chi connectivity index (χ0v) is 12.0. The van der Waals surface area contributed by atoms with Crippen molar-refractivity contribution in [1.29, 1.82) is 0 Å². The average Bonchev–Trinajstić information content (AvgIpc) is 2.78. The van der Waals surface area contributed by atoms with E-state index >= 15 is 0 Å². The van der Waals surface area contributed by atoms with E-state index in [1.165, 1.54) is 16.7 Å². The molecule has 1 atom stereocenters.